The van der Waals surface area contributed by atoms with Gasteiger partial charge in [-0.25, -0.2) is 0 Å². The molecule has 0 aliphatic heterocycles. The highest BCUT2D eigenvalue weighted by molar-refractivity contribution is 7.98. The summed E-state index contributed by atoms with van der Waals surface area (Å²) in [7, 11) is 2.19. The van der Waals surface area contributed by atoms with Crippen molar-refractivity contribution >= 4 is 23.4 Å². The molecule has 0 aliphatic rings. The third kappa shape index (κ3) is 6.64. The highest BCUT2D eigenvalue weighted by Crippen LogP contribution is 2.09. The maximum atomic E-state index is 5.77. The van der Waals surface area contributed by atoms with Gasteiger partial charge in [-0.15, -0.1) is 11.6 Å². The molecule has 0 fully saturated rings. The van der Waals surface area contributed by atoms with Crippen molar-refractivity contribution in [2.24, 2.45) is 5.92 Å². The molecule has 0 aromatic rings. The summed E-state index contributed by atoms with van der Waals surface area (Å²) in [4.78, 5) is 2.41. The lowest BCUT2D eigenvalue weighted by atomic mass is 10.1. The normalized spacial score (nSPS) is 16.2. The predicted molar refractivity (Wildman–Crippen MR) is 65.0 cm³/mol. The summed E-state index contributed by atoms with van der Waals surface area (Å²) in [6, 6.07) is 0.679. The number of rotatable bonds is 7. The van der Waals surface area contributed by atoms with E-state index in [0.717, 1.165) is 12.4 Å². The fourth-order valence-corrected chi connectivity index (χ4v) is 1.90. The first kappa shape index (κ1) is 13.6. The Balaban J connectivity index is 3.61. The van der Waals surface area contributed by atoms with Crippen molar-refractivity contribution in [3.05, 3.63) is 0 Å². The van der Waals surface area contributed by atoms with Crippen molar-refractivity contribution in [2.75, 3.05) is 31.5 Å². The van der Waals surface area contributed by atoms with E-state index in [1.165, 1.54) is 12.2 Å². The van der Waals surface area contributed by atoms with Gasteiger partial charge in [-0.1, -0.05) is 6.92 Å². The molecule has 0 aromatic heterocycles. The molecule has 0 saturated heterocycles. The van der Waals surface area contributed by atoms with Gasteiger partial charge in [0.25, 0.3) is 0 Å². The Morgan fingerprint density at radius 2 is 2.00 bits per heavy atom. The molecule has 0 radical (unpaired) electrons. The van der Waals surface area contributed by atoms with Gasteiger partial charge in [0, 0.05) is 18.5 Å². The van der Waals surface area contributed by atoms with Crippen LogP contribution >= 0.6 is 23.4 Å². The van der Waals surface area contributed by atoms with E-state index in [2.05, 4.69) is 32.1 Å². The first-order chi connectivity index (χ1) is 6.11. The number of thioether (sulfide) groups is 1. The number of hydrogen-bond acceptors (Lipinski definition) is 2. The smallest absolute Gasteiger partial charge is 0.0261 e. The molecule has 0 N–H and O–H groups in total. The molecule has 0 amide bonds. The molecule has 0 rings (SSSR count). The molecular weight excluding hydrogens is 202 g/mol. The Labute approximate surface area is 92.2 Å². The van der Waals surface area contributed by atoms with E-state index in [0.29, 0.717) is 12.0 Å². The number of nitrogens with zero attached hydrogens (tertiary/aromatic N) is 1. The minimum atomic E-state index is 0.600. The molecule has 3 heteroatoms. The number of hydrogen-bond donors (Lipinski definition) is 0. The third-order valence-corrected chi connectivity index (χ3v) is 3.53. The van der Waals surface area contributed by atoms with Crippen LogP contribution in [-0.2, 0) is 0 Å². The average molecular weight is 224 g/mol. The maximum absolute atomic E-state index is 5.77. The fraction of sp³-hybridized carbons (Fsp3) is 1.00. The molecule has 2 unspecified atom stereocenters. The molecule has 0 aliphatic carbocycles. The Bertz CT molecular complexity index is 121. The van der Waals surface area contributed by atoms with E-state index in [9.17, 15) is 0 Å². The van der Waals surface area contributed by atoms with Crippen LogP contribution in [0.5, 0.6) is 0 Å². The van der Waals surface area contributed by atoms with Crippen LogP contribution in [0, 0.1) is 5.92 Å². The first-order valence-electron chi connectivity index (χ1n) is 4.87. The van der Waals surface area contributed by atoms with Gasteiger partial charge >= 0.3 is 0 Å². The Kier molecular flexibility index (Phi) is 8.32. The minimum absolute atomic E-state index is 0.600. The summed E-state index contributed by atoms with van der Waals surface area (Å²) < 4.78 is 0. The molecule has 0 heterocycles. The molecule has 0 saturated carbocycles. The maximum Gasteiger partial charge on any atom is 0.0261 e. The van der Waals surface area contributed by atoms with Crippen LogP contribution in [0.1, 0.15) is 20.3 Å². The summed E-state index contributed by atoms with van der Waals surface area (Å²) in [6.45, 7) is 5.60. The Hall–Kier alpha value is 0.600. The highest BCUT2D eigenvalue weighted by atomic mass is 35.5. The molecule has 0 bridgehead atoms. The topological polar surface area (TPSA) is 3.24 Å². The zero-order valence-electron chi connectivity index (χ0n) is 9.22. The SMILES string of the molecule is CSCCC(C)N(C)CC(C)CCl. The molecule has 80 valence electrons. The van der Waals surface area contributed by atoms with E-state index in [1.54, 1.807) is 0 Å². The molecule has 0 spiro atoms. The van der Waals surface area contributed by atoms with Gasteiger partial charge in [0.05, 0.1) is 0 Å². The van der Waals surface area contributed by atoms with Gasteiger partial charge < -0.3 is 4.90 Å². The summed E-state index contributed by atoms with van der Waals surface area (Å²) in [5.74, 6) is 2.61. The van der Waals surface area contributed by atoms with Crippen molar-refractivity contribution in [2.45, 2.75) is 26.3 Å². The van der Waals surface area contributed by atoms with E-state index < -0.39 is 0 Å². The van der Waals surface area contributed by atoms with Crippen molar-refractivity contribution in [3.8, 4) is 0 Å². The lowest BCUT2D eigenvalue weighted by Crippen LogP contribution is -2.33. The standard InChI is InChI=1S/C10H22ClNS/c1-9(7-11)8-12(3)10(2)5-6-13-4/h9-10H,5-8H2,1-4H3. The van der Waals surface area contributed by atoms with Crippen molar-refractivity contribution in [1.29, 1.82) is 0 Å². The minimum Gasteiger partial charge on any atom is -0.303 e. The summed E-state index contributed by atoms with van der Waals surface area (Å²) in [6.07, 6.45) is 3.43. The lowest BCUT2D eigenvalue weighted by Gasteiger charge is -2.26. The summed E-state index contributed by atoms with van der Waals surface area (Å²) in [5.41, 5.74) is 0. The van der Waals surface area contributed by atoms with Crippen LogP contribution < -0.4 is 0 Å². The highest BCUT2D eigenvalue weighted by Gasteiger charge is 2.11. The molecule has 1 nitrogen and oxygen atoms in total. The molecular formula is C10H22ClNS. The van der Waals surface area contributed by atoms with E-state index in [4.69, 9.17) is 11.6 Å². The van der Waals surface area contributed by atoms with E-state index in [1.807, 2.05) is 11.8 Å². The number of halogens is 1. The predicted octanol–water partition coefficient (Wildman–Crippen LogP) is 2.93. The van der Waals surface area contributed by atoms with Crippen LogP contribution in [0.25, 0.3) is 0 Å². The largest absolute Gasteiger partial charge is 0.303 e. The van der Waals surface area contributed by atoms with Gasteiger partial charge in [0.2, 0.25) is 0 Å². The van der Waals surface area contributed by atoms with Gasteiger partial charge in [-0.2, -0.15) is 11.8 Å². The molecule has 2 atom stereocenters. The monoisotopic (exact) mass is 223 g/mol. The van der Waals surface area contributed by atoms with E-state index >= 15 is 0 Å². The van der Waals surface area contributed by atoms with Crippen LogP contribution in [-0.4, -0.2) is 42.4 Å². The average Bonchev–Trinajstić information content (AvgIpc) is 2.13. The van der Waals surface area contributed by atoms with Gasteiger partial charge in [0.15, 0.2) is 0 Å². The second kappa shape index (κ2) is 7.95. The first-order valence-corrected chi connectivity index (χ1v) is 6.79. The second-order valence-corrected chi connectivity index (χ2v) is 5.12. The van der Waals surface area contributed by atoms with E-state index in [-0.39, 0.29) is 0 Å². The fourth-order valence-electron chi connectivity index (χ4n) is 1.23. The summed E-state index contributed by atoms with van der Waals surface area (Å²) >= 11 is 7.69. The third-order valence-electron chi connectivity index (χ3n) is 2.36. The van der Waals surface area contributed by atoms with Gasteiger partial charge in [-0.05, 0) is 38.3 Å². The number of alkyl halides is 1. The summed E-state index contributed by atoms with van der Waals surface area (Å²) in [5, 5.41) is 0. The van der Waals surface area contributed by atoms with Gasteiger partial charge in [-0.3, -0.25) is 0 Å². The van der Waals surface area contributed by atoms with Crippen molar-refractivity contribution in [1.82, 2.24) is 4.90 Å². The zero-order chi connectivity index (χ0) is 10.3. The Morgan fingerprint density at radius 3 is 2.46 bits per heavy atom. The van der Waals surface area contributed by atoms with Crippen LogP contribution in [0.3, 0.4) is 0 Å². The van der Waals surface area contributed by atoms with Gasteiger partial charge in [0.1, 0.15) is 0 Å². The molecule has 0 aromatic carbocycles. The zero-order valence-corrected chi connectivity index (χ0v) is 10.8. The van der Waals surface area contributed by atoms with Crippen LogP contribution in [0.2, 0.25) is 0 Å². The lowest BCUT2D eigenvalue weighted by molar-refractivity contribution is 0.228. The van der Waals surface area contributed by atoms with Crippen molar-refractivity contribution in [3.63, 3.8) is 0 Å². The van der Waals surface area contributed by atoms with Crippen molar-refractivity contribution < 1.29 is 0 Å². The quantitative estimate of drug-likeness (QED) is 0.611. The second-order valence-electron chi connectivity index (χ2n) is 3.83. The van der Waals surface area contributed by atoms with Crippen LogP contribution in [0.4, 0.5) is 0 Å². The van der Waals surface area contributed by atoms with Crippen LogP contribution in [0.15, 0.2) is 0 Å². The Morgan fingerprint density at radius 1 is 1.38 bits per heavy atom. The molecule has 13 heavy (non-hydrogen) atoms.